The van der Waals surface area contributed by atoms with Gasteiger partial charge in [0, 0.05) is 5.92 Å². The van der Waals surface area contributed by atoms with Crippen molar-refractivity contribution in [2.45, 2.75) is 43.8 Å². The minimum absolute atomic E-state index is 0.248. The first kappa shape index (κ1) is 15.6. The van der Waals surface area contributed by atoms with Gasteiger partial charge in [-0.3, -0.25) is 4.79 Å². The molecule has 0 aliphatic heterocycles. The number of hydrogen-bond acceptors (Lipinski definition) is 2. The summed E-state index contributed by atoms with van der Waals surface area (Å²) in [5, 5.41) is 10.4. The van der Waals surface area contributed by atoms with E-state index in [1.165, 1.54) is 5.32 Å². The topological polar surface area (TPSA) is 66.4 Å². The van der Waals surface area contributed by atoms with Gasteiger partial charge in [0.2, 0.25) is 6.43 Å². The van der Waals surface area contributed by atoms with Gasteiger partial charge in [-0.1, -0.05) is 0 Å². The van der Waals surface area contributed by atoms with Crippen LogP contribution in [0.1, 0.15) is 25.7 Å². The number of rotatable bonds is 3. The third-order valence-corrected chi connectivity index (χ3v) is 3.26. The third kappa shape index (κ3) is 3.54. The highest BCUT2D eigenvalue weighted by Crippen LogP contribution is 2.36. The van der Waals surface area contributed by atoms with E-state index in [2.05, 4.69) is 0 Å². The lowest BCUT2D eigenvalue weighted by atomic mass is 9.76. The average Bonchev–Trinajstić information content (AvgIpc) is 2.28. The number of carboxylic acids is 1. The second-order valence-corrected chi connectivity index (χ2v) is 4.51. The van der Waals surface area contributed by atoms with Crippen molar-refractivity contribution in [3.8, 4) is 0 Å². The molecule has 0 aromatic rings. The van der Waals surface area contributed by atoms with E-state index in [1.54, 1.807) is 0 Å². The fourth-order valence-corrected chi connectivity index (χ4v) is 2.07. The standard InChI is InChI=1S/C10H12F5NO3/c11-6(12)5-1-3-9(4-2-5,8(18)19)16-7(17)10(13,14)15/h5-6H,1-4H2,(H,16,17)(H,18,19). The molecule has 0 atom stereocenters. The molecule has 0 aromatic heterocycles. The quantitative estimate of drug-likeness (QED) is 0.780. The van der Waals surface area contributed by atoms with E-state index in [4.69, 9.17) is 5.11 Å². The molecular formula is C10H12F5NO3. The summed E-state index contributed by atoms with van der Waals surface area (Å²) in [7, 11) is 0. The summed E-state index contributed by atoms with van der Waals surface area (Å²) < 4.78 is 61.2. The first-order chi connectivity index (χ1) is 8.58. The number of nitrogens with one attached hydrogen (secondary N) is 1. The highest BCUT2D eigenvalue weighted by Gasteiger charge is 2.49. The Kier molecular flexibility index (Phi) is 4.36. The van der Waals surface area contributed by atoms with Gasteiger partial charge >= 0.3 is 18.1 Å². The van der Waals surface area contributed by atoms with E-state index in [0.717, 1.165) is 0 Å². The number of alkyl halides is 5. The van der Waals surface area contributed by atoms with Crippen molar-refractivity contribution in [3.63, 3.8) is 0 Å². The molecule has 0 heterocycles. The van der Waals surface area contributed by atoms with Crippen molar-refractivity contribution in [1.29, 1.82) is 0 Å². The van der Waals surface area contributed by atoms with Gasteiger partial charge in [0.25, 0.3) is 0 Å². The Hall–Kier alpha value is -1.41. The molecule has 0 unspecified atom stereocenters. The van der Waals surface area contributed by atoms with Crippen molar-refractivity contribution < 1.29 is 36.6 Å². The SMILES string of the molecule is O=C(NC1(C(=O)O)CCC(C(F)F)CC1)C(F)(F)F. The molecule has 19 heavy (non-hydrogen) atoms. The Bertz CT molecular complexity index is 361. The minimum atomic E-state index is -5.21. The van der Waals surface area contributed by atoms with Crippen molar-refractivity contribution in [1.82, 2.24) is 5.32 Å². The fraction of sp³-hybridized carbons (Fsp3) is 0.800. The monoisotopic (exact) mass is 289 g/mol. The Morgan fingerprint density at radius 1 is 1.21 bits per heavy atom. The summed E-state index contributed by atoms with van der Waals surface area (Å²) in [5.74, 6) is -5.06. The molecule has 1 rings (SSSR count). The van der Waals surface area contributed by atoms with Crippen LogP contribution in [0.2, 0.25) is 0 Å². The van der Waals surface area contributed by atoms with E-state index in [9.17, 15) is 31.5 Å². The number of hydrogen-bond donors (Lipinski definition) is 2. The van der Waals surface area contributed by atoms with Gasteiger partial charge in [-0.15, -0.1) is 0 Å². The second-order valence-electron chi connectivity index (χ2n) is 4.51. The Labute approximate surface area is 105 Å². The molecule has 0 aromatic carbocycles. The summed E-state index contributed by atoms with van der Waals surface area (Å²) in [6, 6.07) is 0. The van der Waals surface area contributed by atoms with Crippen LogP contribution >= 0.6 is 0 Å². The maximum absolute atomic E-state index is 12.4. The smallest absolute Gasteiger partial charge is 0.471 e. The third-order valence-electron chi connectivity index (χ3n) is 3.26. The van der Waals surface area contributed by atoms with Gasteiger partial charge in [-0.25, -0.2) is 13.6 Å². The molecule has 0 radical (unpaired) electrons. The zero-order chi connectivity index (χ0) is 14.8. The number of amides is 1. The molecule has 0 saturated heterocycles. The van der Waals surface area contributed by atoms with Crippen LogP contribution in [0.15, 0.2) is 0 Å². The minimum Gasteiger partial charge on any atom is -0.480 e. The zero-order valence-electron chi connectivity index (χ0n) is 9.64. The Morgan fingerprint density at radius 3 is 2.00 bits per heavy atom. The molecule has 9 heteroatoms. The summed E-state index contributed by atoms with van der Waals surface area (Å²) in [4.78, 5) is 21.9. The molecule has 1 amide bonds. The molecule has 1 fully saturated rings. The summed E-state index contributed by atoms with van der Waals surface area (Å²) in [6.07, 6.45) is -9.24. The Balaban J connectivity index is 2.79. The summed E-state index contributed by atoms with van der Waals surface area (Å²) >= 11 is 0. The maximum Gasteiger partial charge on any atom is 0.471 e. The molecule has 2 N–H and O–H groups in total. The van der Waals surface area contributed by atoms with Gasteiger partial charge in [0.15, 0.2) is 0 Å². The van der Waals surface area contributed by atoms with Crippen LogP contribution in [0.25, 0.3) is 0 Å². The van der Waals surface area contributed by atoms with Gasteiger partial charge in [0.1, 0.15) is 5.54 Å². The second kappa shape index (κ2) is 5.30. The van der Waals surface area contributed by atoms with Crippen LogP contribution in [0.3, 0.4) is 0 Å². The van der Waals surface area contributed by atoms with Gasteiger partial charge in [-0.2, -0.15) is 13.2 Å². The zero-order valence-corrected chi connectivity index (χ0v) is 9.64. The average molecular weight is 289 g/mol. The highest BCUT2D eigenvalue weighted by molar-refractivity contribution is 5.89. The number of aliphatic carboxylic acids is 1. The fourth-order valence-electron chi connectivity index (χ4n) is 2.07. The van der Waals surface area contributed by atoms with E-state index in [0.29, 0.717) is 0 Å². The lowest BCUT2D eigenvalue weighted by molar-refractivity contribution is -0.178. The van der Waals surface area contributed by atoms with Crippen molar-refractivity contribution in [2.75, 3.05) is 0 Å². The highest BCUT2D eigenvalue weighted by atomic mass is 19.4. The van der Waals surface area contributed by atoms with Crippen molar-refractivity contribution in [2.24, 2.45) is 5.92 Å². The maximum atomic E-state index is 12.4. The van der Waals surface area contributed by atoms with Gasteiger partial charge in [-0.05, 0) is 25.7 Å². The van der Waals surface area contributed by atoms with E-state index in [1.807, 2.05) is 0 Å². The van der Waals surface area contributed by atoms with Crippen LogP contribution in [-0.2, 0) is 9.59 Å². The molecule has 110 valence electrons. The predicted octanol–water partition coefficient (Wildman–Crippen LogP) is 1.94. The van der Waals surface area contributed by atoms with Gasteiger partial charge in [0.05, 0.1) is 0 Å². The predicted molar refractivity (Wildman–Crippen MR) is 52.5 cm³/mol. The molecule has 0 bridgehead atoms. The number of carbonyl (C=O) groups excluding carboxylic acids is 1. The number of halogens is 5. The van der Waals surface area contributed by atoms with Crippen LogP contribution < -0.4 is 5.32 Å². The first-order valence-corrected chi connectivity index (χ1v) is 5.49. The normalized spacial score (nSPS) is 28.2. The van der Waals surface area contributed by atoms with Gasteiger partial charge < -0.3 is 10.4 Å². The largest absolute Gasteiger partial charge is 0.480 e. The summed E-state index contributed by atoms with van der Waals surface area (Å²) in [6.45, 7) is 0. The van der Waals surface area contributed by atoms with Crippen molar-refractivity contribution in [3.05, 3.63) is 0 Å². The van der Waals surface area contributed by atoms with Crippen LogP contribution in [-0.4, -0.2) is 35.1 Å². The summed E-state index contributed by atoms with van der Waals surface area (Å²) in [5.41, 5.74) is -2.11. The van der Waals surface area contributed by atoms with Crippen LogP contribution in [0, 0.1) is 5.92 Å². The number of carbonyl (C=O) groups is 2. The molecule has 0 spiro atoms. The molecule has 1 aliphatic rings. The Morgan fingerprint density at radius 2 is 1.68 bits per heavy atom. The molecule has 4 nitrogen and oxygen atoms in total. The van der Waals surface area contributed by atoms with Crippen molar-refractivity contribution >= 4 is 11.9 Å². The van der Waals surface area contributed by atoms with Crippen LogP contribution in [0.4, 0.5) is 22.0 Å². The lowest BCUT2D eigenvalue weighted by Crippen LogP contribution is -2.59. The molecule has 1 aliphatic carbocycles. The molecule has 1 saturated carbocycles. The van der Waals surface area contributed by atoms with E-state index >= 15 is 0 Å². The van der Waals surface area contributed by atoms with E-state index < -0.39 is 48.8 Å². The van der Waals surface area contributed by atoms with E-state index in [-0.39, 0.29) is 12.8 Å². The number of carboxylic acid groups (broad SMARTS) is 1. The lowest BCUT2D eigenvalue weighted by Gasteiger charge is -2.37. The van der Waals surface area contributed by atoms with Crippen LogP contribution in [0.5, 0.6) is 0 Å². The molecular weight excluding hydrogens is 277 g/mol. The first-order valence-electron chi connectivity index (χ1n) is 5.49.